The highest BCUT2D eigenvalue weighted by atomic mass is 35.7. The minimum absolute atomic E-state index is 0.0171. The maximum Gasteiger partial charge on any atom is 0.237 e. The van der Waals surface area contributed by atoms with E-state index in [1.807, 2.05) is 32.0 Å². The van der Waals surface area contributed by atoms with Gasteiger partial charge in [0.05, 0.1) is 0 Å². The zero-order chi connectivity index (χ0) is 14.2. The third-order valence-electron chi connectivity index (χ3n) is 3.57. The van der Waals surface area contributed by atoms with E-state index in [0.29, 0.717) is 6.54 Å². The molecule has 1 amide bonds. The lowest BCUT2D eigenvalue weighted by Gasteiger charge is -2.19. The molecule has 0 aliphatic carbocycles. The standard InChI is InChI=1S/C13H16ClNO3S/c1-9-4-3-5-10(2)12(9)8-15-7-11(6-13(15)16)19(14,17)18/h3-5,11H,6-8H2,1-2H3. The summed E-state index contributed by atoms with van der Waals surface area (Å²) in [6, 6.07) is 5.93. The van der Waals surface area contributed by atoms with Gasteiger partial charge in [0.2, 0.25) is 15.0 Å². The molecule has 0 bridgehead atoms. The number of hydrogen-bond donors (Lipinski definition) is 0. The van der Waals surface area contributed by atoms with E-state index in [0.717, 1.165) is 16.7 Å². The maximum absolute atomic E-state index is 11.9. The minimum Gasteiger partial charge on any atom is -0.337 e. The van der Waals surface area contributed by atoms with Crippen molar-refractivity contribution in [2.24, 2.45) is 0 Å². The first kappa shape index (κ1) is 14.3. The molecule has 1 aromatic carbocycles. The molecule has 104 valence electrons. The number of nitrogens with zero attached hydrogens (tertiary/aromatic N) is 1. The van der Waals surface area contributed by atoms with Gasteiger partial charge in [0.15, 0.2) is 0 Å². The fourth-order valence-electron chi connectivity index (χ4n) is 2.37. The van der Waals surface area contributed by atoms with E-state index in [1.54, 1.807) is 4.90 Å². The highest BCUT2D eigenvalue weighted by Gasteiger charge is 2.37. The Morgan fingerprint density at radius 3 is 2.37 bits per heavy atom. The van der Waals surface area contributed by atoms with Gasteiger partial charge in [-0.05, 0) is 30.5 Å². The van der Waals surface area contributed by atoms with Gasteiger partial charge in [0, 0.05) is 30.2 Å². The van der Waals surface area contributed by atoms with Crippen LogP contribution in [0.5, 0.6) is 0 Å². The summed E-state index contributed by atoms with van der Waals surface area (Å²) in [6.45, 7) is 4.59. The van der Waals surface area contributed by atoms with Gasteiger partial charge in [-0.2, -0.15) is 0 Å². The van der Waals surface area contributed by atoms with Crippen LogP contribution in [0, 0.1) is 13.8 Å². The zero-order valence-corrected chi connectivity index (χ0v) is 12.5. The van der Waals surface area contributed by atoms with Crippen molar-refractivity contribution >= 4 is 25.6 Å². The number of benzene rings is 1. The first-order chi connectivity index (χ1) is 8.79. The molecule has 0 radical (unpaired) electrons. The largest absolute Gasteiger partial charge is 0.337 e. The lowest BCUT2D eigenvalue weighted by Crippen LogP contribution is -2.27. The number of rotatable bonds is 3. The molecule has 1 fully saturated rings. The van der Waals surface area contributed by atoms with E-state index in [-0.39, 0.29) is 18.9 Å². The smallest absolute Gasteiger partial charge is 0.237 e. The van der Waals surface area contributed by atoms with Crippen molar-refractivity contribution < 1.29 is 13.2 Å². The second-order valence-electron chi connectivity index (χ2n) is 4.95. The molecule has 1 aliphatic rings. The van der Waals surface area contributed by atoms with Crippen LogP contribution in [0.2, 0.25) is 0 Å². The highest BCUT2D eigenvalue weighted by Crippen LogP contribution is 2.24. The summed E-state index contributed by atoms with van der Waals surface area (Å²) in [5.74, 6) is -0.156. The molecule has 1 atom stereocenters. The molecular formula is C13H16ClNO3S. The van der Waals surface area contributed by atoms with Crippen LogP contribution in [0.4, 0.5) is 0 Å². The molecule has 19 heavy (non-hydrogen) atoms. The van der Waals surface area contributed by atoms with Crippen LogP contribution in [-0.2, 0) is 20.4 Å². The van der Waals surface area contributed by atoms with E-state index < -0.39 is 14.3 Å². The maximum atomic E-state index is 11.9. The molecule has 4 nitrogen and oxygen atoms in total. The second kappa shape index (κ2) is 5.13. The third kappa shape index (κ3) is 3.09. The van der Waals surface area contributed by atoms with E-state index in [2.05, 4.69) is 0 Å². The number of likely N-dealkylation sites (tertiary alicyclic amines) is 1. The highest BCUT2D eigenvalue weighted by molar-refractivity contribution is 8.14. The molecule has 0 spiro atoms. The van der Waals surface area contributed by atoms with Crippen molar-refractivity contribution in [1.29, 1.82) is 0 Å². The van der Waals surface area contributed by atoms with E-state index in [9.17, 15) is 13.2 Å². The molecule has 2 rings (SSSR count). The quantitative estimate of drug-likeness (QED) is 0.802. The summed E-state index contributed by atoms with van der Waals surface area (Å²) in [7, 11) is 1.66. The molecule has 6 heteroatoms. The van der Waals surface area contributed by atoms with Crippen LogP contribution >= 0.6 is 10.7 Å². The lowest BCUT2D eigenvalue weighted by molar-refractivity contribution is -0.128. The van der Waals surface area contributed by atoms with Gasteiger partial charge in [-0.1, -0.05) is 18.2 Å². The van der Waals surface area contributed by atoms with Gasteiger partial charge in [0.1, 0.15) is 5.25 Å². The predicted molar refractivity (Wildman–Crippen MR) is 74.5 cm³/mol. The van der Waals surface area contributed by atoms with Crippen molar-refractivity contribution in [3.05, 3.63) is 34.9 Å². The summed E-state index contributed by atoms with van der Waals surface area (Å²) in [6.07, 6.45) is -0.0171. The van der Waals surface area contributed by atoms with Gasteiger partial charge < -0.3 is 4.90 Å². The van der Waals surface area contributed by atoms with Crippen LogP contribution in [0.25, 0.3) is 0 Å². The number of aryl methyl sites for hydroxylation is 2. The summed E-state index contributed by atoms with van der Waals surface area (Å²) >= 11 is 0. The van der Waals surface area contributed by atoms with Gasteiger partial charge in [-0.3, -0.25) is 4.79 Å². The third-order valence-corrected chi connectivity index (χ3v) is 5.44. The molecule has 1 aromatic rings. The molecule has 0 saturated carbocycles. The van der Waals surface area contributed by atoms with E-state index in [4.69, 9.17) is 10.7 Å². The Kier molecular flexibility index (Phi) is 3.87. The van der Waals surface area contributed by atoms with Gasteiger partial charge in [-0.15, -0.1) is 0 Å². The molecule has 1 heterocycles. The van der Waals surface area contributed by atoms with Crippen LogP contribution in [0.1, 0.15) is 23.1 Å². The topological polar surface area (TPSA) is 54.5 Å². The fraction of sp³-hybridized carbons (Fsp3) is 0.462. The second-order valence-corrected chi connectivity index (χ2v) is 7.85. The fourth-order valence-corrected chi connectivity index (χ4v) is 3.42. The Balaban J connectivity index is 2.19. The van der Waals surface area contributed by atoms with Gasteiger partial charge >= 0.3 is 0 Å². The Morgan fingerprint density at radius 2 is 1.89 bits per heavy atom. The van der Waals surface area contributed by atoms with Crippen LogP contribution in [0.15, 0.2) is 18.2 Å². The number of carbonyl (C=O) groups is 1. The van der Waals surface area contributed by atoms with Gasteiger partial charge in [-0.25, -0.2) is 8.42 Å². The summed E-state index contributed by atoms with van der Waals surface area (Å²) in [5.41, 5.74) is 3.28. The monoisotopic (exact) mass is 301 g/mol. The first-order valence-electron chi connectivity index (χ1n) is 6.05. The Bertz CT molecular complexity index is 592. The number of halogens is 1. The zero-order valence-electron chi connectivity index (χ0n) is 10.9. The summed E-state index contributed by atoms with van der Waals surface area (Å²) in [5, 5.41) is -0.786. The molecule has 1 unspecified atom stereocenters. The van der Waals surface area contributed by atoms with Crippen molar-refractivity contribution in [3.8, 4) is 0 Å². The number of hydrogen-bond acceptors (Lipinski definition) is 3. The molecule has 0 N–H and O–H groups in total. The average molecular weight is 302 g/mol. The van der Waals surface area contributed by atoms with Crippen LogP contribution < -0.4 is 0 Å². The Hall–Kier alpha value is -1.07. The molecule has 0 aromatic heterocycles. The first-order valence-corrected chi connectivity index (χ1v) is 8.42. The minimum atomic E-state index is -3.67. The summed E-state index contributed by atoms with van der Waals surface area (Å²) in [4.78, 5) is 13.4. The van der Waals surface area contributed by atoms with Crippen molar-refractivity contribution in [1.82, 2.24) is 4.90 Å². The molecule has 1 saturated heterocycles. The van der Waals surface area contributed by atoms with Crippen molar-refractivity contribution in [3.63, 3.8) is 0 Å². The Labute approximate surface area is 117 Å². The number of carbonyl (C=O) groups excluding carboxylic acids is 1. The molecular weight excluding hydrogens is 286 g/mol. The Morgan fingerprint density at radius 1 is 1.32 bits per heavy atom. The van der Waals surface area contributed by atoms with E-state index >= 15 is 0 Å². The predicted octanol–water partition coefficient (Wildman–Crippen LogP) is 1.97. The normalized spacial score (nSPS) is 20.1. The lowest BCUT2D eigenvalue weighted by atomic mass is 10.0. The number of amides is 1. The van der Waals surface area contributed by atoms with Crippen molar-refractivity contribution in [2.75, 3.05) is 6.54 Å². The van der Waals surface area contributed by atoms with Crippen LogP contribution in [-0.4, -0.2) is 31.0 Å². The summed E-state index contributed by atoms with van der Waals surface area (Å²) < 4.78 is 22.6. The van der Waals surface area contributed by atoms with Crippen LogP contribution in [0.3, 0.4) is 0 Å². The average Bonchev–Trinajstić information content (AvgIpc) is 2.65. The van der Waals surface area contributed by atoms with Gasteiger partial charge in [0.25, 0.3) is 0 Å². The molecule has 1 aliphatic heterocycles. The van der Waals surface area contributed by atoms with Crippen molar-refractivity contribution in [2.45, 2.75) is 32.1 Å². The van der Waals surface area contributed by atoms with E-state index in [1.165, 1.54) is 0 Å². The SMILES string of the molecule is Cc1cccc(C)c1CN1CC(S(=O)(=O)Cl)CC1=O.